The van der Waals surface area contributed by atoms with E-state index in [1.54, 1.807) is 0 Å². The second-order valence-electron chi connectivity index (χ2n) is 6.48. The van der Waals surface area contributed by atoms with Crippen LogP contribution in [0, 0.1) is 0 Å². The van der Waals surface area contributed by atoms with Gasteiger partial charge >= 0.3 is 0 Å². The maximum Gasteiger partial charge on any atom is 0.191 e. The highest BCUT2D eigenvalue weighted by molar-refractivity contribution is 5.79. The highest BCUT2D eigenvalue weighted by Crippen LogP contribution is 2.11. The Morgan fingerprint density at radius 1 is 1.16 bits per heavy atom. The third-order valence-corrected chi connectivity index (χ3v) is 4.48. The summed E-state index contributed by atoms with van der Waals surface area (Å²) in [4.78, 5) is 7.09. The Labute approximate surface area is 154 Å². The van der Waals surface area contributed by atoms with Crippen LogP contribution < -0.4 is 10.6 Å². The largest absolute Gasteiger partial charge is 0.379 e. The number of nitrogens with zero attached hydrogens (tertiary/aromatic N) is 2. The molecule has 1 rings (SSSR count). The van der Waals surface area contributed by atoms with E-state index in [0.717, 1.165) is 71.3 Å². The third kappa shape index (κ3) is 11.4. The summed E-state index contributed by atoms with van der Waals surface area (Å²) in [5.74, 6) is 0.921. The highest BCUT2D eigenvalue weighted by Gasteiger charge is 2.14. The predicted molar refractivity (Wildman–Crippen MR) is 105 cm³/mol. The maximum absolute atomic E-state index is 5.68. The van der Waals surface area contributed by atoms with E-state index in [9.17, 15) is 0 Å². The molecule has 1 heterocycles. The van der Waals surface area contributed by atoms with Crippen molar-refractivity contribution in [3.05, 3.63) is 0 Å². The van der Waals surface area contributed by atoms with Crippen LogP contribution in [0.5, 0.6) is 0 Å². The summed E-state index contributed by atoms with van der Waals surface area (Å²) in [7, 11) is 0. The molecule has 0 radical (unpaired) electrons. The molecule has 25 heavy (non-hydrogen) atoms. The average molecular weight is 357 g/mol. The standard InChI is InChI=1S/C19H40N4O2/c1-4-20-19(21-12-7-8-14-23(5-2)6-3)22-13-10-15-24-17-18-11-9-16-25-18/h18H,4-17H2,1-3H3,(H2,20,21,22). The summed E-state index contributed by atoms with van der Waals surface area (Å²) in [6.45, 7) is 15.1. The van der Waals surface area contributed by atoms with Gasteiger partial charge in [-0.2, -0.15) is 0 Å². The zero-order valence-corrected chi connectivity index (χ0v) is 16.7. The van der Waals surface area contributed by atoms with Crippen LogP contribution in [-0.2, 0) is 9.47 Å². The Balaban J connectivity index is 2.05. The van der Waals surface area contributed by atoms with E-state index in [-0.39, 0.29) is 0 Å². The Morgan fingerprint density at radius 3 is 2.68 bits per heavy atom. The summed E-state index contributed by atoms with van der Waals surface area (Å²) in [5, 5.41) is 6.73. The topological polar surface area (TPSA) is 58.1 Å². The molecule has 148 valence electrons. The van der Waals surface area contributed by atoms with Crippen LogP contribution >= 0.6 is 0 Å². The molecular formula is C19H40N4O2. The van der Waals surface area contributed by atoms with Gasteiger partial charge in [-0.25, -0.2) is 0 Å². The monoisotopic (exact) mass is 356 g/mol. The van der Waals surface area contributed by atoms with Crippen LogP contribution in [0.25, 0.3) is 0 Å². The van der Waals surface area contributed by atoms with Gasteiger partial charge in [-0.05, 0) is 58.7 Å². The van der Waals surface area contributed by atoms with Crippen LogP contribution in [-0.4, -0.2) is 76.1 Å². The Bertz CT molecular complexity index is 329. The molecule has 0 aromatic heterocycles. The lowest BCUT2D eigenvalue weighted by Gasteiger charge is -2.18. The van der Waals surface area contributed by atoms with Gasteiger partial charge in [-0.3, -0.25) is 4.99 Å². The van der Waals surface area contributed by atoms with Gasteiger partial charge in [-0.15, -0.1) is 0 Å². The molecule has 1 saturated heterocycles. The summed E-state index contributed by atoms with van der Waals surface area (Å²) >= 11 is 0. The molecule has 6 nitrogen and oxygen atoms in total. The normalized spacial score (nSPS) is 18.1. The van der Waals surface area contributed by atoms with Gasteiger partial charge < -0.3 is 25.0 Å². The fraction of sp³-hybridized carbons (Fsp3) is 0.947. The number of hydrogen-bond acceptors (Lipinski definition) is 4. The van der Waals surface area contributed by atoms with Gasteiger partial charge in [0.05, 0.1) is 12.7 Å². The van der Waals surface area contributed by atoms with Crippen LogP contribution in [0.4, 0.5) is 0 Å². The molecule has 0 bridgehead atoms. The first-order valence-corrected chi connectivity index (χ1v) is 10.2. The number of hydrogen-bond donors (Lipinski definition) is 2. The average Bonchev–Trinajstić information content (AvgIpc) is 3.14. The van der Waals surface area contributed by atoms with E-state index in [0.29, 0.717) is 6.10 Å². The molecule has 1 aliphatic rings. The molecule has 1 fully saturated rings. The van der Waals surface area contributed by atoms with E-state index in [4.69, 9.17) is 9.47 Å². The molecule has 0 aromatic rings. The molecule has 2 N–H and O–H groups in total. The van der Waals surface area contributed by atoms with E-state index in [1.807, 2.05) is 0 Å². The lowest BCUT2D eigenvalue weighted by Crippen LogP contribution is -2.38. The summed E-state index contributed by atoms with van der Waals surface area (Å²) < 4.78 is 11.2. The summed E-state index contributed by atoms with van der Waals surface area (Å²) in [6.07, 6.45) is 5.98. The minimum Gasteiger partial charge on any atom is -0.379 e. The van der Waals surface area contributed by atoms with Crippen molar-refractivity contribution in [2.24, 2.45) is 4.99 Å². The summed E-state index contributed by atoms with van der Waals surface area (Å²) in [5.41, 5.74) is 0. The Kier molecular flexibility index (Phi) is 13.7. The van der Waals surface area contributed by atoms with Gasteiger partial charge in [0.15, 0.2) is 5.96 Å². The van der Waals surface area contributed by atoms with Crippen molar-refractivity contribution in [3.63, 3.8) is 0 Å². The Morgan fingerprint density at radius 2 is 2.00 bits per heavy atom. The SMILES string of the molecule is CCNC(=NCCCOCC1CCCO1)NCCCCN(CC)CC. The second-order valence-corrected chi connectivity index (χ2v) is 6.48. The predicted octanol–water partition coefficient (Wildman–Crippen LogP) is 2.25. The molecular weight excluding hydrogens is 316 g/mol. The van der Waals surface area contributed by atoms with Gasteiger partial charge in [0.1, 0.15) is 0 Å². The minimum atomic E-state index is 0.318. The number of guanidine groups is 1. The van der Waals surface area contributed by atoms with Crippen molar-refractivity contribution in [2.45, 2.75) is 59.0 Å². The van der Waals surface area contributed by atoms with Gasteiger partial charge in [0.2, 0.25) is 0 Å². The third-order valence-electron chi connectivity index (χ3n) is 4.48. The lowest BCUT2D eigenvalue weighted by atomic mass is 10.2. The number of rotatable bonds is 14. The molecule has 0 aliphatic carbocycles. The number of ether oxygens (including phenoxy) is 2. The molecule has 0 aromatic carbocycles. The van der Waals surface area contributed by atoms with E-state index >= 15 is 0 Å². The molecule has 0 amide bonds. The van der Waals surface area contributed by atoms with Gasteiger partial charge in [0, 0.05) is 32.8 Å². The second kappa shape index (κ2) is 15.4. The zero-order valence-electron chi connectivity index (χ0n) is 16.7. The first kappa shape index (κ1) is 22.2. The van der Waals surface area contributed by atoms with Crippen LogP contribution in [0.3, 0.4) is 0 Å². The van der Waals surface area contributed by atoms with E-state index in [1.165, 1.54) is 25.8 Å². The van der Waals surface area contributed by atoms with E-state index < -0.39 is 0 Å². The fourth-order valence-corrected chi connectivity index (χ4v) is 2.90. The molecule has 0 saturated carbocycles. The van der Waals surface area contributed by atoms with Crippen molar-refractivity contribution >= 4 is 5.96 Å². The van der Waals surface area contributed by atoms with Gasteiger partial charge in [-0.1, -0.05) is 13.8 Å². The smallest absolute Gasteiger partial charge is 0.191 e. The summed E-state index contributed by atoms with van der Waals surface area (Å²) in [6, 6.07) is 0. The number of unbranched alkanes of at least 4 members (excludes halogenated alkanes) is 1. The Hall–Kier alpha value is -0.850. The van der Waals surface area contributed by atoms with Crippen molar-refractivity contribution in [1.82, 2.24) is 15.5 Å². The fourth-order valence-electron chi connectivity index (χ4n) is 2.90. The quantitative estimate of drug-likeness (QED) is 0.284. The van der Waals surface area contributed by atoms with Crippen LogP contribution in [0.15, 0.2) is 4.99 Å². The maximum atomic E-state index is 5.68. The minimum absolute atomic E-state index is 0.318. The van der Waals surface area contributed by atoms with Crippen molar-refractivity contribution in [2.75, 3.05) is 59.1 Å². The molecule has 1 unspecified atom stereocenters. The number of aliphatic imine (C=N–C) groups is 1. The van der Waals surface area contributed by atoms with Gasteiger partial charge in [0.25, 0.3) is 0 Å². The van der Waals surface area contributed by atoms with E-state index in [2.05, 4.69) is 41.3 Å². The highest BCUT2D eigenvalue weighted by atomic mass is 16.5. The van der Waals surface area contributed by atoms with Crippen LogP contribution in [0.2, 0.25) is 0 Å². The van der Waals surface area contributed by atoms with Crippen molar-refractivity contribution in [1.29, 1.82) is 0 Å². The van der Waals surface area contributed by atoms with Crippen molar-refractivity contribution < 1.29 is 9.47 Å². The zero-order chi connectivity index (χ0) is 18.2. The molecule has 1 aliphatic heterocycles. The number of nitrogens with one attached hydrogen (secondary N) is 2. The lowest BCUT2D eigenvalue weighted by molar-refractivity contribution is 0.0171. The van der Waals surface area contributed by atoms with Crippen molar-refractivity contribution in [3.8, 4) is 0 Å². The molecule has 6 heteroatoms. The molecule has 0 spiro atoms. The first-order chi connectivity index (χ1) is 12.3. The molecule has 1 atom stereocenters. The first-order valence-electron chi connectivity index (χ1n) is 10.2. The van der Waals surface area contributed by atoms with Crippen LogP contribution in [0.1, 0.15) is 52.9 Å².